The first-order valence-electron chi connectivity index (χ1n) is 39.0. The van der Waals surface area contributed by atoms with Crippen LogP contribution < -0.4 is 0 Å². The quantitative estimate of drug-likeness (QED) is 0.0222. The molecule has 0 aliphatic heterocycles. The average Bonchev–Trinajstić information content (AvgIpc) is 1.74. The zero-order valence-corrected chi connectivity index (χ0v) is 63.1. The van der Waals surface area contributed by atoms with Crippen LogP contribution in [-0.4, -0.2) is 96.7 Å². The fourth-order valence-electron chi connectivity index (χ4n) is 11.4. The number of carbonyl (C=O) groups excluding carboxylic acids is 4. The Labute approximate surface area is 575 Å². The van der Waals surface area contributed by atoms with Gasteiger partial charge in [-0.25, -0.2) is 9.13 Å². The maximum atomic E-state index is 13.1. The van der Waals surface area contributed by atoms with Gasteiger partial charge in [-0.2, -0.15) is 0 Å². The van der Waals surface area contributed by atoms with Crippen molar-refractivity contribution in [3.8, 4) is 0 Å². The molecule has 0 aliphatic carbocycles. The van der Waals surface area contributed by atoms with E-state index in [1.165, 1.54) is 199 Å². The third-order valence-electron chi connectivity index (χ3n) is 17.8. The van der Waals surface area contributed by atoms with Crippen LogP contribution in [0.15, 0.2) is 0 Å². The van der Waals surface area contributed by atoms with Crippen LogP contribution in [0.2, 0.25) is 0 Å². The zero-order chi connectivity index (χ0) is 69.3. The summed E-state index contributed by atoms with van der Waals surface area (Å²) in [6, 6.07) is 0. The van der Waals surface area contributed by atoms with Crippen LogP contribution >= 0.6 is 15.6 Å². The molecule has 0 bridgehead atoms. The second-order valence-electron chi connectivity index (χ2n) is 27.8. The van der Waals surface area contributed by atoms with E-state index in [9.17, 15) is 43.2 Å². The molecule has 0 spiro atoms. The van der Waals surface area contributed by atoms with Crippen LogP contribution in [0.4, 0.5) is 0 Å². The lowest BCUT2D eigenvalue weighted by atomic mass is 10.00. The molecular weight excluding hydrogens is 1230 g/mol. The van der Waals surface area contributed by atoms with Crippen LogP contribution in [0, 0.1) is 11.8 Å². The summed E-state index contributed by atoms with van der Waals surface area (Å²) >= 11 is 0. The van der Waals surface area contributed by atoms with Crippen LogP contribution in [0.5, 0.6) is 0 Å². The molecular formula is C75H146O17P2. The van der Waals surface area contributed by atoms with Crippen molar-refractivity contribution in [1.82, 2.24) is 0 Å². The summed E-state index contributed by atoms with van der Waals surface area (Å²) in [6.07, 6.45) is 54.3. The fourth-order valence-corrected chi connectivity index (χ4v) is 13.0. The van der Waals surface area contributed by atoms with E-state index in [2.05, 4.69) is 41.5 Å². The lowest BCUT2D eigenvalue weighted by Crippen LogP contribution is -2.30. The lowest BCUT2D eigenvalue weighted by Gasteiger charge is -2.21. The summed E-state index contributed by atoms with van der Waals surface area (Å²) < 4.78 is 68.4. The van der Waals surface area contributed by atoms with Gasteiger partial charge in [0, 0.05) is 25.7 Å². The third-order valence-corrected chi connectivity index (χ3v) is 19.7. The number of aliphatic hydroxyl groups excluding tert-OH is 1. The van der Waals surface area contributed by atoms with Gasteiger partial charge in [0.15, 0.2) is 12.2 Å². The van der Waals surface area contributed by atoms with Crippen LogP contribution in [0.1, 0.15) is 388 Å². The Morgan fingerprint density at radius 3 is 0.809 bits per heavy atom. The van der Waals surface area contributed by atoms with Gasteiger partial charge in [-0.05, 0) is 37.5 Å². The lowest BCUT2D eigenvalue weighted by molar-refractivity contribution is -0.161. The Morgan fingerprint density at radius 2 is 0.543 bits per heavy atom. The number of hydrogen-bond acceptors (Lipinski definition) is 15. The summed E-state index contributed by atoms with van der Waals surface area (Å²) in [6.45, 7) is 9.48. The number of aliphatic hydroxyl groups is 1. The summed E-state index contributed by atoms with van der Waals surface area (Å²) in [5, 5.41) is 10.6. The van der Waals surface area contributed by atoms with E-state index in [0.29, 0.717) is 31.6 Å². The summed E-state index contributed by atoms with van der Waals surface area (Å²) in [5.74, 6) is -0.693. The van der Waals surface area contributed by atoms with Crippen molar-refractivity contribution < 1.29 is 80.2 Å². The van der Waals surface area contributed by atoms with E-state index < -0.39 is 97.5 Å². The van der Waals surface area contributed by atoms with Crippen molar-refractivity contribution in [3.05, 3.63) is 0 Å². The molecule has 0 heterocycles. The predicted molar refractivity (Wildman–Crippen MR) is 381 cm³/mol. The van der Waals surface area contributed by atoms with E-state index in [1.54, 1.807) is 0 Å². The molecule has 0 amide bonds. The van der Waals surface area contributed by atoms with Crippen molar-refractivity contribution in [2.75, 3.05) is 39.6 Å². The predicted octanol–water partition coefficient (Wildman–Crippen LogP) is 21.9. The highest BCUT2D eigenvalue weighted by Crippen LogP contribution is 2.45. The van der Waals surface area contributed by atoms with E-state index in [1.807, 2.05) is 0 Å². The number of carbonyl (C=O) groups is 4. The Hall–Kier alpha value is -1.94. The summed E-state index contributed by atoms with van der Waals surface area (Å²) in [5.41, 5.74) is 0. The number of phosphoric ester groups is 2. The number of rotatable bonds is 74. The molecule has 0 aromatic rings. The number of unbranched alkanes of at least 4 members (excludes halogenated alkanes) is 43. The molecule has 558 valence electrons. The number of esters is 4. The van der Waals surface area contributed by atoms with E-state index >= 15 is 0 Å². The van der Waals surface area contributed by atoms with Crippen molar-refractivity contribution >= 4 is 39.5 Å². The van der Waals surface area contributed by atoms with Gasteiger partial charge in [-0.1, -0.05) is 337 Å². The molecule has 3 unspecified atom stereocenters. The highest BCUT2D eigenvalue weighted by atomic mass is 31.2. The van der Waals surface area contributed by atoms with Crippen molar-refractivity contribution in [2.24, 2.45) is 11.8 Å². The highest BCUT2D eigenvalue weighted by Gasteiger charge is 2.30. The molecule has 0 radical (unpaired) electrons. The summed E-state index contributed by atoms with van der Waals surface area (Å²) in [4.78, 5) is 72.7. The molecule has 0 saturated carbocycles. The molecule has 94 heavy (non-hydrogen) atoms. The molecule has 19 heteroatoms. The van der Waals surface area contributed by atoms with E-state index in [0.717, 1.165) is 102 Å². The van der Waals surface area contributed by atoms with Crippen LogP contribution in [0.3, 0.4) is 0 Å². The first-order chi connectivity index (χ1) is 45.4. The van der Waals surface area contributed by atoms with Crippen LogP contribution in [-0.2, 0) is 65.4 Å². The summed E-state index contributed by atoms with van der Waals surface area (Å²) in [7, 11) is -9.91. The van der Waals surface area contributed by atoms with Gasteiger partial charge in [0.1, 0.15) is 19.3 Å². The SMILES string of the molecule is CCCCCCCCCCCCCCCCCCCC(=O)OC[C@H](COP(=O)(O)OC[C@@H](O)COP(=O)(O)OC[C@@H](COC(=O)CCCCCCCCC(C)CC)OC(=O)CCCCCCCCCC(C)C)OC(=O)CCCCCCCCCCCCCCCCCCC. The molecule has 17 nitrogen and oxygen atoms in total. The second-order valence-corrected chi connectivity index (χ2v) is 30.7. The van der Waals surface area contributed by atoms with Gasteiger partial charge in [-0.15, -0.1) is 0 Å². The molecule has 0 aromatic carbocycles. The average molecular weight is 1380 g/mol. The molecule has 0 fully saturated rings. The van der Waals surface area contributed by atoms with Crippen molar-refractivity contribution in [3.63, 3.8) is 0 Å². The fraction of sp³-hybridized carbons (Fsp3) is 0.947. The maximum Gasteiger partial charge on any atom is 0.472 e. The van der Waals surface area contributed by atoms with Gasteiger partial charge >= 0.3 is 39.5 Å². The van der Waals surface area contributed by atoms with Gasteiger partial charge in [0.05, 0.1) is 26.4 Å². The minimum atomic E-state index is -4.96. The first-order valence-corrected chi connectivity index (χ1v) is 42.0. The Bertz CT molecular complexity index is 1820. The van der Waals surface area contributed by atoms with E-state index in [4.69, 9.17) is 37.0 Å². The van der Waals surface area contributed by atoms with Crippen molar-refractivity contribution in [1.29, 1.82) is 0 Å². The largest absolute Gasteiger partial charge is 0.472 e. The van der Waals surface area contributed by atoms with Gasteiger partial charge in [0.2, 0.25) is 0 Å². The standard InChI is InChI=1S/C75H146O17P2/c1-7-10-12-14-16-18-20-22-24-26-28-30-32-34-38-45-51-57-72(77)85-63-70(91-74(79)59-53-47-39-35-33-31-29-27-25-23-21-19-17-15-13-11-8-2)65-89-93(81,82)87-61-69(76)62-88-94(83,84)90-66-71(92-75(80)60-54-48-40-36-37-43-49-55-67(4)5)64-86-73(78)58-52-46-42-41-44-50-56-68(6)9-3/h67-71,76H,7-66H2,1-6H3,(H,81,82)(H,83,84)/t68?,69-,70-,71-/m1/s1. The maximum absolute atomic E-state index is 13.1. The molecule has 0 aromatic heterocycles. The number of ether oxygens (including phenoxy) is 4. The van der Waals surface area contributed by atoms with Crippen LogP contribution in [0.25, 0.3) is 0 Å². The molecule has 0 saturated heterocycles. The number of phosphoric acid groups is 2. The van der Waals surface area contributed by atoms with Gasteiger partial charge < -0.3 is 33.8 Å². The molecule has 3 N–H and O–H groups in total. The first kappa shape index (κ1) is 92.1. The Balaban J connectivity index is 5.22. The van der Waals surface area contributed by atoms with Crippen molar-refractivity contribution in [2.45, 2.75) is 407 Å². The minimum Gasteiger partial charge on any atom is -0.462 e. The number of hydrogen-bond donors (Lipinski definition) is 3. The molecule has 6 atom stereocenters. The smallest absolute Gasteiger partial charge is 0.462 e. The topological polar surface area (TPSA) is 237 Å². The molecule has 0 aliphatic rings. The molecule has 0 rings (SSSR count). The third kappa shape index (κ3) is 67.3. The second kappa shape index (κ2) is 66.9. The highest BCUT2D eigenvalue weighted by molar-refractivity contribution is 7.47. The minimum absolute atomic E-state index is 0.103. The van der Waals surface area contributed by atoms with E-state index in [-0.39, 0.29) is 25.7 Å². The van der Waals surface area contributed by atoms with Gasteiger partial charge in [-0.3, -0.25) is 37.3 Å². The normalized spacial score (nSPS) is 14.3. The monoisotopic (exact) mass is 1380 g/mol. The Kier molecular flexibility index (Phi) is 65.5. The zero-order valence-electron chi connectivity index (χ0n) is 61.3. The van der Waals surface area contributed by atoms with Gasteiger partial charge in [0.25, 0.3) is 0 Å². The Morgan fingerprint density at radius 1 is 0.309 bits per heavy atom.